The van der Waals surface area contributed by atoms with Gasteiger partial charge >= 0.3 is 0 Å². The summed E-state index contributed by atoms with van der Waals surface area (Å²) >= 11 is 0. The third kappa shape index (κ3) is 5.55. The van der Waals surface area contributed by atoms with Crippen LogP contribution in [0, 0.1) is 11.3 Å². The van der Waals surface area contributed by atoms with E-state index in [9.17, 15) is 0 Å². The summed E-state index contributed by atoms with van der Waals surface area (Å²) in [7, 11) is 0. The summed E-state index contributed by atoms with van der Waals surface area (Å²) in [6, 6.07) is 0. The van der Waals surface area contributed by atoms with Gasteiger partial charge in [-0.1, -0.05) is 46.5 Å². The molecule has 0 aromatic carbocycles. The van der Waals surface area contributed by atoms with E-state index in [0.717, 1.165) is 19.1 Å². The first-order chi connectivity index (χ1) is 7.20. The van der Waals surface area contributed by atoms with Gasteiger partial charge in [0.25, 0.3) is 0 Å². The summed E-state index contributed by atoms with van der Waals surface area (Å²) in [6.07, 6.45) is 9.41. The fraction of sp³-hybridized carbons (Fsp3) is 1.00. The molecule has 1 atom stereocenters. The van der Waals surface area contributed by atoms with Crippen LogP contribution in [0.1, 0.15) is 65.7 Å². The Balaban J connectivity index is 2.08. The molecule has 0 spiro atoms. The van der Waals surface area contributed by atoms with Gasteiger partial charge in [0, 0.05) is 6.61 Å². The molecule has 90 valence electrons. The Morgan fingerprint density at radius 3 is 2.47 bits per heavy atom. The van der Waals surface area contributed by atoms with Crippen molar-refractivity contribution in [2.45, 2.75) is 65.7 Å². The lowest BCUT2D eigenvalue weighted by atomic mass is 9.83. The van der Waals surface area contributed by atoms with Gasteiger partial charge in [0.1, 0.15) is 0 Å². The SMILES string of the molecule is CCCCCOCC(C)(CC)CC1CC1. The molecule has 0 amide bonds. The van der Waals surface area contributed by atoms with Crippen LogP contribution in [0.4, 0.5) is 0 Å². The lowest BCUT2D eigenvalue weighted by Gasteiger charge is -2.28. The smallest absolute Gasteiger partial charge is 0.0519 e. The molecule has 1 saturated carbocycles. The van der Waals surface area contributed by atoms with Gasteiger partial charge in [0.15, 0.2) is 0 Å². The molecule has 1 nitrogen and oxygen atoms in total. The minimum atomic E-state index is 0.452. The van der Waals surface area contributed by atoms with Gasteiger partial charge in [-0.25, -0.2) is 0 Å². The lowest BCUT2D eigenvalue weighted by molar-refractivity contribution is 0.0406. The highest BCUT2D eigenvalue weighted by Crippen LogP contribution is 2.41. The normalized spacial score (nSPS) is 20.2. The van der Waals surface area contributed by atoms with E-state index in [0.29, 0.717) is 5.41 Å². The molecule has 1 aliphatic carbocycles. The second kappa shape index (κ2) is 6.52. The van der Waals surface area contributed by atoms with Crippen LogP contribution in [-0.4, -0.2) is 13.2 Å². The molecule has 0 N–H and O–H groups in total. The van der Waals surface area contributed by atoms with Gasteiger partial charge in [0.05, 0.1) is 6.61 Å². The van der Waals surface area contributed by atoms with E-state index in [1.165, 1.54) is 44.9 Å². The first-order valence-electron chi connectivity index (χ1n) is 6.78. The van der Waals surface area contributed by atoms with Crippen LogP contribution in [-0.2, 0) is 4.74 Å². The molecule has 1 fully saturated rings. The third-order valence-corrected chi connectivity index (χ3v) is 3.67. The molecular weight excluding hydrogens is 184 g/mol. The van der Waals surface area contributed by atoms with Crippen LogP contribution in [0.15, 0.2) is 0 Å². The van der Waals surface area contributed by atoms with Crippen molar-refractivity contribution in [1.29, 1.82) is 0 Å². The summed E-state index contributed by atoms with van der Waals surface area (Å²) in [5, 5.41) is 0. The fourth-order valence-corrected chi connectivity index (χ4v) is 2.10. The number of hydrogen-bond donors (Lipinski definition) is 0. The minimum absolute atomic E-state index is 0.452. The molecule has 1 rings (SSSR count). The molecule has 0 heterocycles. The standard InChI is InChI=1S/C14H28O/c1-4-6-7-10-15-12-14(3,5-2)11-13-8-9-13/h13H,4-12H2,1-3H3. The summed E-state index contributed by atoms with van der Waals surface area (Å²) < 4.78 is 5.82. The van der Waals surface area contributed by atoms with Gasteiger partial charge in [0.2, 0.25) is 0 Å². The van der Waals surface area contributed by atoms with Crippen LogP contribution >= 0.6 is 0 Å². The Hall–Kier alpha value is -0.0400. The maximum absolute atomic E-state index is 5.82. The van der Waals surface area contributed by atoms with Crippen molar-refractivity contribution in [3.63, 3.8) is 0 Å². The van der Waals surface area contributed by atoms with Crippen LogP contribution in [0.5, 0.6) is 0 Å². The molecule has 1 aliphatic rings. The van der Waals surface area contributed by atoms with E-state index in [2.05, 4.69) is 20.8 Å². The van der Waals surface area contributed by atoms with Crippen molar-refractivity contribution in [2.24, 2.45) is 11.3 Å². The van der Waals surface area contributed by atoms with Crippen molar-refractivity contribution >= 4 is 0 Å². The number of hydrogen-bond acceptors (Lipinski definition) is 1. The van der Waals surface area contributed by atoms with Crippen molar-refractivity contribution in [2.75, 3.05) is 13.2 Å². The van der Waals surface area contributed by atoms with Gasteiger partial charge in [-0.3, -0.25) is 0 Å². The molecular formula is C14H28O. The molecule has 0 radical (unpaired) electrons. The highest BCUT2D eigenvalue weighted by molar-refractivity contribution is 4.83. The van der Waals surface area contributed by atoms with Crippen molar-refractivity contribution in [3.8, 4) is 0 Å². The Bertz CT molecular complexity index is 163. The monoisotopic (exact) mass is 212 g/mol. The Morgan fingerprint density at radius 1 is 1.20 bits per heavy atom. The topological polar surface area (TPSA) is 9.23 Å². The summed E-state index contributed by atoms with van der Waals surface area (Å²) in [5.74, 6) is 1.02. The first kappa shape index (κ1) is 13.0. The third-order valence-electron chi connectivity index (χ3n) is 3.67. The zero-order valence-electron chi connectivity index (χ0n) is 10.8. The Kier molecular flexibility index (Phi) is 5.66. The van der Waals surface area contributed by atoms with E-state index in [1.807, 2.05) is 0 Å². The molecule has 0 saturated heterocycles. The highest BCUT2D eigenvalue weighted by Gasteiger charge is 2.32. The molecule has 0 aromatic rings. The molecule has 0 bridgehead atoms. The van der Waals surface area contributed by atoms with E-state index < -0.39 is 0 Å². The van der Waals surface area contributed by atoms with Gasteiger partial charge in [-0.05, 0) is 30.6 Å². The van der Waals surface area contributed by atoms with Crippen LogP contribution in [0.25, 0.3) is 0 Å². The second-order valence-electron chi connectivity index (χ2n) is 5.57. The quantitative estimate of drug-likeness (QED) is 0.514. The number of rotatable bonds is 9. The molecule has 15 heavy (non-hydrogen) atoms. The zero-order chi connectivity index (χ0) is 11.1. The molecule has 0 aromatic heterocycles. The Morgan fingerprint density at radius 2 is 1.93 bits per heavy atom. The molecule has 1 unspecified atom stereocenters. The molecule has 1 heteroatoms. The minimum Gasteiger partial charge on any atom is -0.381 e. The maximum atomic E-state index is 5.82. The highest BCUT2D eigenvalue weighted by atomic mass is 16.5. The van der Waals surface area contributed by atoms with E-state index in [4.69, 9.17) is 4.74 Å². The maximum Gasteiger partial charge on any atom is 0.0519 e. The number of unbranched alkanes of at least 4 members (excludes halogenated alkanes) is 2. The zero-order valence-corrected chi connectivity index (χ0v) is 10.8. The van der Waals surface area contributed by atoms with Crippen molar-refractivity contribution in [3.05, 3.63) is 0 Å². The first-order valence-corrected chi connectivity index (χ1v) is 6.78. The summed E-state index contributed by atoms with van der Waals surface area (Å²) in [6.45, 7) is 8.88. The van der Waals surface area contributed by atoms with Crippen LogP contribution in [0.3, 0.4) is 0 Å². The summed E-state index contributed by atoms with van der Waals surface area (Å²) in [4.78, 5) is 0. The predicted octanol–water partition coefficient (Wildman–Crippen LogP) is 4.41. The lowest BCUT2D eigenvalue weighted by Crippen LogP contribution is -2.23. The van der Waals surface area contributed by atoms with E-state index in [-0.39, 0.29) is 0 Å². The average Bonchev–Trinajstić information content (AvgIpc) is 3.01. The van der Waals surface area contributed by atoms with Crippen LogP contribution in [0.2, 0.25) is 0 Å². The summed E-state index contributed by atoms with van der Waals surface area (Å²) in [5.41, 5.74) is 0.452. The van der Waals surface area contributed by atoms with E-state index >= 15 is 0 Å². The van der Waals surface area contributed by atoms with Crippen molar-refractivity contribution < 1.29 is 4.74 Å². The number of ether oxygens (including phenoxy) is 1. The predicted molar refractivity (Wildman–Crippen MR) is 66.1 cm³/mol. The van der Waals surface area contributed by atoms with Gasteiger partial charge < -0.3 is 4.74 Å². The average molecular weight is 212 g/mol. The fourth-order valence-electron chi connectivity index (χ4n) is 2.10. The second-order valence-corrected chi connectivity index (χ2v) is 5.57. The van der Waals surface area contributed by atoms with E-state index in [1.54, 1.807) is 0 Å². The van der Waals surface area contributed by atoms with Crippen LogP contribution < -0.4 is 0 Å². The van der Waals surface area contributed by atoms with Crippen molar-refractivity contribution in [1.82, 2.24) is 0 Å². The molecule has 0 aliphatic heterocycles. The van der Waals surface area contributed by atoms with Gasteiger partial charge in [-0.2, -0.15) is 0 Å². The van der Waals surface area contributed by atoms with Gasteiger partial charge in [-0.15, -0.1) is 0 Å². The largest absolute Gasteiger partial charge is 0.381 e. The Labute approximate surface area is 95.6 Å².